The van der Waals surface area contributed by atoms with Crippen LogP contribution >= 0.6 is 11.3 Å². The Morgan fingerprint density at radius 3 is 3.21 bits per heavy atom. The van der Waals surface area contributed by atoms with Gasteiger partial charge in [0.2, 0.25) is 0 Å². The van der Waals surface area contributed by atoms with Gasteiger partial charge in [0.05, 0.1) is 18.8 Å². The summed E-state index contributed by atoms with van der Waals surface area (Å²) in [6.07, 6.45) is 3.73. The first-order valence-electron chi connectivity index (χ1n) is 6.43. The highest BCUT2D eigenvalue weighted by molar-refractivity contribution is 7.07. The third-order valence-electron chi connectivity index (χ3n) is 3.44. The summed E-state index contributed by atoms with van der Waals surface area (Å²) in [6.45, 7) is 1.27. The second-order valence-corrected chi connectivity index (χ2v) is 5.43. The average Bonchev–Trinajstić information content (AvgIpc) is 3.14. The van der Waals surface area contributed by atoms with Crippen molar-refractivity contribution in [2.75, 3.05) is 6.54 Å². The van der Waals surface area contributed by atoms with Gasteiger partial charge in [-0.15, -0.1) is 0 Å². The Morgan fingerprint density at radius 1 is 1.53 bits per heavy atom. The zero-order valence-electron chi connectivity index (χ0n) is 10.5. The van der Waals surface area contributed by atoms with E-state index in [-0.39, 0.29) is 12.1 Å². The van der Waals surface area contributed by atoms with E-state index in [1.165, 1.54) is 5.56 Å². The first-order valence-corrected chi connectivity index (χ1v) is 7.38. The molecule has 1 fully saturated rings. The minimum atomic E-state index is -0.00917. The van der Waals surface area contributed by atoms with E-state index in [1.54, 1.807) is 17.6 Å². The van der Waals surface area contributed by atoms with Gasteiger partial charge >= 0.3 is 6.03 Å². The van der Waals surface area contributed by atoms with Crippen LogP contribution in [0.3, 0.4) is 0 Å². The predicted octanol–water partition coefficient (Wildman–Crippen LogP) is 3.39. The number of rotatable bonds is 3. The van der Waals surface area contributed by atoms with E-state index < -0.39 is 0 Å². The molecule has 0 saturated carbocycles. The lowest BCUT2D eigenvalue weighted by molar-refractivity contribution is 0.191. The molecule has 3 heterocycles. The molecule has 0 radical (unpaired) electrons. The molecule has 2 aromatic heterocycles. The van der Waals surface area contributed by atoms with Crippen molar-refractivity contribution in [2.45, 2.75) is 25.4 Å². The van der Waals surface area contributed by atoms with Crippen molar-refractivity contribution in [2.24, 2.45) is 0 Å². The summed E-state index contributed by atoms with van der Waals surface area (Å²) in [6, 6.07) is 6.01. The Kier molecular flexibility index (Phi) is 3.55. The largest absolute Gasteiger partial charge is 0.467 e. The Balaban J connectivity index is 1.62. The zero-order chi connectivity index (χ0) is 13.1. The van der Waals surface area contributed by atoms with Crippen LogP contribution in [0.25, 0.3) is 0 Å². The summed E-state index contributed by atoms with van der Waals surface area (Å²) in [4.78, 5) is 14.1. The van der Waals surface area contributed by atoms with Gasteiger partial charge < -0.3 is 14.6 Å². The van der Waals surface area contributed by atoms with Crippen LogP contribution in [-0.2, 0) is 6.54 Å². The third-order valence-corrected chi connectivity index (χ3v) is 4.14. The molecule has 1 saturated heterocycles. The normalized spacial score (nSPS) is 18.7. The van der Waals surface area contributed by atoms with Crippen molar-refractivity contribution in [1.82, 2.24) is 10.2 Å². The predicted molar refractivity (Wildman–Crippen MR) is 73.9 cm³/mol. The van der Waals surface area contributed by atoms with Crippen LogP contribution in [0, 0.1) is 0 Å². The van der Waals surface area contributed by atoms with Gasteiger partial charge in [-0.3, -0.25) is 0 Å². The maximum absolute atomic E-state index is 12.2. The summed E-state index contributed by atoms with van der Waals surface area (Å²) in [5.74, 6) is 0.777. The van der Waals surface area contributed by atoms with Gasteiger partial charge in [-0.05, 0) is 47.4 Å². The van der Waals surface area contributed by atoms with Crippen LogP contribution in [0.1, 0.15) is 30.2 Å². The van der Waals surface area contributed by atoms with E-state index in [4.69, 9.17) is 4.42 Å². The van der Waals surface area contributed by atoms with Gasteiger partial charge in [-0.25, -0.2) is 4.79 Å². The fraction of sp³-hybridized carbons (Fsp3) is 0.357. The number of amides is 2. The lowest BCUT2D eigenvalue weighted by Gasteiger charge is -2.24. The van der Waals surface area contributed by atoms with Crippen LogP contribution in [0.15, 0.2) is 39.6 Å². The number of hydrogen-bond donors (Lipinski definition) is 1. The van der Waals surface area contributed by atoms with Crippen LogP contribution in [0.4, 0.5) is 4.79 Å². The Labute approximate surface area is 116 Å². The number of hydrogen-bond acceptors (Lipinski definition) is 3. The number of likely N-dealkylation sites (tertiary alicyclic amines) is 1. The van der Waals surface area contributed by atoms with E-state index in [0.29, 0.717) is 6.54 Å². The van der Waals surface area contributed by atoms with Crippen LogP contribution in [-0.4, -0.2) is 17.5 Å². The molecule has 0 unspecified atom stereocenters. The second kappa shape index (κ2) is 5.48. The number of nitrogens with one attached hydrogen (secondary N) is 1. The highest BCUT2D eigenvalue weighted by atomic mass is 32.1. The maximum atomic E-state index is 12.2. The van der Waals surface area contributed by atoms with E-state index in [0.717, 1.165) is 25.1 Å². The molecular formula is C14H16N2O2S. The minimum absolute atomic E-state index is 0.00917. The second-order valence-electron chi connectivity index (χ2n) is 4.65. The monoisotopic (exact) mass is 276 g/mol. The van der Waals surface area contributed by atoms with Crippen LogP contribution in [0.2, 0.25) is 0 Å². The molecule has 0 bridgehead atoms. The van der Waals surface area contributed by atoms with E-state index >= 15 is 0 Å². The van der Waals surface area contributed by atoms with E-state index in [1.807, 2.05) is 17.0 Å². The summed E-state index contributed by atoms with van der Waals surface area (Å²) in [5.41, 5.74) is 1.25. The van der Waals surface area contributed by atoms with Crippen molar-refractivity contribution < 1.29 is 9.21 Å². The average molecular weight is 276 g/mol. The molecule has 19 heavy (non-hydrogen) atoms. The molecule has 0 aliphatic carbocycles. The number of carbonyl (C=O) groups excluding carboxylic acids is 1. The summed E-state index contributed by atoms with van der Waals surface area (Å²) < 4.78 is 5.21. The van der Waals surface area contributed by atoms with E-state index in [2.05, 4.69) is 22.1 Å². The van der Waals surface area contributed by atoms with Crippen molar-refractivity contribution in [3.63, 3.8) is 0 Å². The Hall–Kier alpha value is -1.75. The quantitative estimate of drug-likeness (QED) is 0.934. The summed E-state index contributed by atoms with van der Waals surface area (Å²) in [5, 5.41) is 7.11. The van der Waals surface area contributed by atoms with Gasteiger partial charge in [0.1, 0.15) is 5.76 Å². The lowest BCUT2D eigenvalue weighted by Crippen LogP contribution is -2.38. The Morgan fingerprint density at radius 2 is 2.47 bits per heavy atom. The lowest BCUT2D eigenvalue weighted by atomic mass is 10.1. The molecule has 5 heteroatoms. The number of nitrogens with zero attached hydrogens (tertiary/aromatic N) is 1. The molecule has 3 rings (SSSR count). The number of urea groups is 1. The highest BCUT2D eigenvalue weighted by Gasteiger charge is 2.29. The third kappa shape index (κ3) is 2.66. The highest BCUT2D eigenvalue weighted by Crippen LogP contribution is 2.32. The molecule has 100 valence electrons. The fourth-order valence-corrected chi connectivity index (χ4v) is 3.21. The van der Waals surface area contributed by atoms with Gasteiger partial charge in [-0.1, -0.05) is 0 Å². The van der Waals surface area contributed by atoms with E-state index in [9.17, 15) is 4.79 Å². The fourth-order valence-electron chi connectivity index (χ4n) is 2.50. The van der Waals surface area contributed by atoms with Crippen molar-refractivity contribution in [3.8, 4) is 0 Å². The maximum Gasteiger partial charge on any atom is 0.318 e. The number of furan rings is 1. The zero-order valence-corrected chi connectivity index (χ0v) is 11.4. The smallest absolute Gasteiger partial charge is 0.318 e. The minimum Gasteiger partial charge on any atom is -0.467 e. The van der Waals surface area contributed by atoms with Gasteiger partial charge in [0.15, 0.2) is 0 Å². The molecule has 4 nitrogen and oxygen atoms in total. The standard InChI is InChI=1S/C14H16N2O2S/c17-14(15-9-12-3-2-7-18-12)16-6-1-4-13(16)11-5-8-19-10-11/h2-3,5,7-8,10,13H,1,4,6,9H2,(H,15,17)/t13-/m1/s1. The molecule has 0 spiro atoms. The summed E-state index contributed by atoms with van der Waals surface area (Å²) >= 11 is 1.68. The molecule has 2 amide bonds. The van der Waals surface area contributed by atoms with Gasteiger partial charge in [-0.2, -0.15) is 11.3 Å². The summed E-state index contributed by atoms with van der Waals surface area (Å²) in [7, 11) is 0. The first-order chi connectivity index (χ1) is 9.34. The molecular weight excluding hydrogens is 260 g/mol. The molecule has 2 aromatic rings. The molecule has 0 aromatic carbocycles. The molecule has 1 aliphatic heterocycles. The number of carbonyl (C=O) groups is 1. The SMILES string of the molecule is O=C(NCc1ccco1)N1CCC[C@@H]1c1ccsc1. The molecule has 1 aliphatic rings. The van der Waals surface area contributed by atoms with Gasteiger partial charge in [0.25, 0.3) is 0 Å². The topological polar surface area (TPSA) is 45.5 Å². The number of thiophene rings is 1. The molecule has 1 atom stereocenters. The van der Waals surface area contributed by atoms with Crippen LogP contribution < -0.4 is 5.32 Å². The molecule has 1 N–H and O–H groups in total. The van der Waals surface area contributed by atoms with Crippen LogP contribution in [0.5, 0.6) is 0 Å². The van der Waals surface area contributed by atoms with Crippen molar-refractivity contribution in [1.29, 1.82) is 0 Å². The van der Waals surface area contributed by atoms with Crippen molar-refractivity contribution in [3.05, 3.63) is 46.5 Å². The van der Waals surface area contributed by atoms with Crippen molar-refractivity contribution >= 4 is 17.4 Å². The first kappa shape index (κ1) is 12.3. The Bertz CT molecular complexity index is 522. The van der Waals surface area contributed by atoms with Gasteiger partial charge in [0, 0.05) is 6.54 Å².